The Morgan fingerprint density at radius 2 is 1.80 bits per heavy atom. The molecular weight excluding hydrogens is 356 g/mol. The monoisotopic (exact) mass is 374 g/mol. The van der Waals surface area contributed by atoms with Crippen LogP contribution in [-0.4, -0.2) is 31.5 Å². The lowest BCUT2D eigenvalue weighted by molar-refractivity contribution is 0.310. The van der Waals surface area contributed by atoms with E-state index in [0.29, 0.717) is 9.92 Å². The largest absolute Gasteiger partial charge is 0.347 e. The SMILES string of the molecule is CN1CCc2c(c3cc(S(=O)(=O)c4cccc(Cl)c4)ccc3n2C)C1. The number of fused-ring (bicyclic) bond motifs is 3. The van der Waals surface area contributed by atoms with Crippen molar-refractivity contribution in [3.05, 3.63) is 58.7 Å². The topological polar surface area (TPSA) is 42.3 Å². The number of hydrogen-bond donors (Lipinski definition) is 0. The lowest BCUT2D eigenvalue weighted by Crippen LogP contribution is -2.26. The highest BCUT2D eigenvalue weighted by molar-refractivity contribution is 7.91. The van der Waals surface area contributed by atoms with Gasteiger partial charge in [0.15, 0.2) is 0 Å². The van der Waals surface area contributed by atoms with E-state index in [0.717, 1.165) is 30.4 Å². The molecule has 1 aromatic heterocycles. The number of rotatable bonds is 2. The molecule has 2 aromatic carbocycles. The van der Waals surface area contributed by atoms with Gasteiger partial charge in [0.2, 0.25) is 9.84 Å². The first-order valence-corrected chi connectivity index (χ1v) is 10.0. The Morgan fingerprint density at radius 3 is 2.56 bits per heavy atom. The number of sulfone groups is 1. The van der Waals surface area contributed by atoms with Gasteiger partial charge in [0.05, 0.1) is 9.79 Å². The van der Waals surface area contributed by atoms with Gasteiger partial charge in [0.1, 0.15) is 0 Å². The van der Waals surface area contributed by atoms with Crippen LogP contribution in [-0.2, 0) is 29.9 Å². The summed E-state index contributed by atoms with van der Waals surface area (Å²) in [6.07, 6.45) is 0.980. The summed E-state index contributed by atoms with van der Waals surface area (Å²) in [6, 6.07) is 11.8. The molecule has 6 heteroatoms. The van der Waals surface area contributed by atoms with Crippen LogP contribution in [0.2, 0.25) is 5.02 Å². The summed E-state index contributed by atoms with van der Waals surface area (Å²) in [5, 5.41) is 1.44. The lowest BCUT2D eigenvalue weighted by Gasteiger charge is -2.23. The van der Waals surface area contributed by atoms with E-state index in [1.165, 1.54) is 17.3 Å². The average molecular weight is 375 g/mol. The summed E-state index contributed by atoms with van der Waals surface area (Å²) in [5.74, 6) is 0. The molecule has 0 atom stereocenters. The molecular formula is C19H19ClN2O2S. The van der Waals surface area contributed by atoms with E-state index in [2.05, 4.69) is 23.6 Å². The molecule has 130 valence electrons. The van der Waals surface area contributed by atoms with E-state index in [-0.39, 0.29) is 4.90 Å². The summed E-state index contributed by atoms with van der Waals surface area (Å²) in [4.78, 5) is 2.80. The minimum atomic E-state index is -3.59. The molecule has 0 fully saturated rings. The van der Waals surface area contributed by atoms with Gasteiger partial charge in [-0.1, -0.05) is 17.7 Å². The molecule has 0 saturated heterocycles. The van der Waals surface area contributed by atoms with Crippen LogP contribution in [0.1, 0.15) is 11.3 Å². The van der Waals surface area contributed by atoms with Crippen molar-refractivity contribution in [3.8, 4) is 0 Å². The van der Waals surface area contributed by atoms with Crippen LogP contribution in [0.5, 0.6) is 0 Å². The molecule has 0 radical (unpaired) electrons. The van der Waals surface area contributed by atoms with Gasteiger partial charge in [-0.3, -0.25) is 0 Å². The van der Waals surface area contributed by atoms with E-state index in [1.807, 2.05) is 12.1 Å². The van der Waals surface area contributed by atoms with Crippen LogP contribution in [0, 0.1) is 0 Å². The summed E-state index contributed by atoms with van der Waals surface area (Å²) in [6.45, 7) is 1.86. The van der Waals surface area contributed by atoms with Crippen LogP contribution < -0.4 is 0 Å². The minimum absolute atomic E-state index is 0.223. The molecule has 4 rings (SSSR count). The van der Waals surface area contributed by atoms with Crippen molar-refractivity contribution in [2.75, 3.05) is 13.6 Å². The maximum atomic E-state index is 13.0. The number of aryl methyl sites for hydroxylation is 1. The van der Waals surface area contributed by atoms with Crippen molar-refractivity contribution in [1.29, 1.82) is 0 Å². The molecule has 0 amide bonds. The number of benzene rings is 2. The van der Waals surface area contributed by atoms with Gasteiger partial charge in [0, 0.05) is 48.2 Å². The zero-order chi connectivity index (χ0) is 17.8. The Kier molecular flexibility index (Phi) is 3.90. The fourth-order valence-corrected chi connectivity index (χ4v) is 5.22. The molecule has 2 heterocycles. The third-order valence-corrected chi connectivity index (χ3v) is 6.97. The highest BCUT2D eigenvalue weighted by atomic mass is 35.5. The molecule has 0 unspecified atom stereocenters. The lowest BCUT2D eigenvalue weighted by atomic mass is 10.1. The minimum Gasteiger partial charge on any atom is -0.347 e. The van der Waals surface area contributed by atoms with Gasteiger partial charge in [-0.15, -0.1) is 0 Å². The Balaban J connectivity index is 1.91. The van der Waals surface area contributed by atoms with E-state index in [9.17, 15) is 8.42 Å². The fraction of sp³-hybridized carbons (Fsp3) is 0.263. The summed E-state index contributed by atoms with van der Waals surface area (Å²) in [7, 11) is 0.554. The molecule has 0 N–H and O–H groups in total. The summed E-state index contributed by atoms with van der Waals surface area (Å²) >= 11 is 5.97. The second-order valence-corrected chi connectivity index (χ2v) is 9.00. The zero-order valence-electron chi connectivity index (χ0n) is 14.2. The normalized spacial score (nSPS) is 15.5. The predicted octanol–water partition coefficient (Wildman–Crippen LogP) is 3.65. The third kappa shape index (κ3) is 2.67. The van der Waals surface area contributed by atoms with E-state index in [1.54, 1.807) is 24.3 Å². The Hall–Kier alpha value is -1.82. The van der Waals surface area contributed by atoms with E-state index in [4.69, 9.17) is 11.6 Å². The van der Waals surface area contributed by atoms with Gasteiger partial charge in [-0.25, -0.2) is 8.42 Å². The standard InChI is InChI=1S/C19H19ClN2O2S/c1-21-9-8-19-17(12-21)16-11-15(6-7-18(16)22(19)2)25(23,24)14-5-3-4-13(20)10-14/h3-7,10-11H,8-9,12H2,1-2H3. The Morgan fingerprint density at radius 1 is 1.04 bits per heavy atom. The first-order valence-electron chi connectivity index (χ1n) is 8.17. The van der Waals surface area contributed by atoms with Gasteiger partial charge >= 0.3 is 0 Å². The van der Waals surface area contributed by atoms with Crippen molar-refractivity contribution < 1.29 is 8.42 Å². The average Bonchev–Trinajstić information content (AvgIpc) is 2.87. The molecule has 0 bridgehead atoms. The van der Waals surface area contributed by atoms with Crippen LogP contribution in [0.3, 0.4) is 0 Å². The van der Waals surface area contributed by atoms with Crippen LogP contribution >= 0.6 is 11.6 Å². The van der Waals surface area contributed by atoms with Gasteiger partial charge in [-0.05, 0) is 49.0 Å². The molecule has 0 spiro atoms. The van der Waals surface area contributed by atoms with Crippen molar-refractivity contribution >= 4 is 32.3 Å². The number of aromatic nitrogens is 1. The molecule has 3 aromatic rings. The smallest absolute Gasteiger partial charge is 0.206 e. The Bertz CT molecular complexity index is 1090. The number of likely N-dealkylation sites (N-methyl/N-ethyl adjacent to an activating group) is 1. The van der Waals surface area contributed by atoms with Gasteiger partial charge in [-0.2, -0.15) is 0 Å². The van der Waals surface area contributed by atoms with Gasteiger partial charge < -0.3 is 9.47 Å². The highest BCUT2D eigenvalue weighted by Gasteiger charge is 2.24. The van der Waals surface area contributed by atoms with Crippen LogP contribution in [0.25, 0.3) is 10.9 Å². The fourth-order valence-electron chi connectivity index (χ4n) is 3.63. The van der Waals surface area contributed by atoms with Crippen molar-refractivity contribution in [1.82, 2.24) is 9.47 Å². The third-order valence-electron chi connectivity index (χ3n) is 4.98. The number of hydrogen-bond acceptors (Lipinski definition) is 3. The zero-order valence-corrected chi connectivity index (χ0v) is 15.7. The molecule has 4 nitrogen and oxygen atoms in total. The van der Waals surface area contributed by atoms with Crippen molar-refractivity contribution in [3.63, 3.8) is 0 Å². The van der Waals surface area contributed by atoms with Crippen molar-refractivity contribution in [2.45, 2.75) is 22.8 Å². The molecule has 0 saturated carbocycles. The quantitative estimate of drug-likeness (QED) is 0.687. The number of nitrogens with zero attached hydrogens (tertiary/aromatic N) is 2. The second-order valence-electron chi connectivity index (χ2n) is 6.61. The molecule has 1 aliphatic heterocycles. The molecule has 25 heavy (non-hydrogen) atoms. The van der Waals surface area contributed by atoms with E-state index < -0.39 is 9.84 Å². The summed E-state index contributed by atoms with van der Waals surface area (Å²) < 4.78 is 28.2. The van der Waals surface area contributed by atoms with Crippen molar-refractivity contribution in [2.24, 2.45) is 7.05 Å². The van der Waals surface area contributed by atoms with Crippen LogP contribution in [0.15, 0.2) is 52.3 Å². The maximum absolute atomic E-state index is 13.0. The van der Waals surface area contributed by atoms with Gasteiger partial charge in [0.25, 0.3) is 0 Å². The Labute approximate surface area is 152 Å². The molecule has 1 aliphatic rings. The molecule has 0 aliphatic carbocycles. The van der Waals surface area contributed by atoms with Crippen LogP contribution in [0.4, 0.5) is 0 Å². The summed E-state index contributed by atoms with van der Waals surface area (Å²) in [5.41, 5.74) is 3.60. The number of halogens is 1. The first-order chi connectivity index (χ1) is 11.9. The first kappa shape index (κ1) is 16.6. The predicted molar refractivity (Wildman–Crippen MR) is 99.9 cm³/mol. The maximum Gasteiger partial charge on any atom is 0.206 e. The second kappa shape index (κ2) is 5.87. The van der Waals surface area contributed by atoms with E-state index >= 15 is 0 Å². The highest BCUT2D eigenvalue weighted by Crippen LogP contribution is 2.33.